The van der Waals surface area contributed by atoms with Crippen LogP contribution in [-0.2, 0) is 23.7 Å². The van der Waals surface area contributed by atoms with Gasteiger partial charge in [0.05, 0.1) is 24.7 Å². The second-order valence-corrected chi connectivity index (χ2v) is 7.02. The Bertz CT molecular complexity index is 503. The molecule has 2 heterocycles. The smallest absolute Gasteiger partial charge is 0.305 e. The number of carbonyl (C=O) groups is 1. The summed E-state index contributed by atoms with van der Waals surface area (Å²) in [7, 11) is 0. The van der Waals surface area contributed by atoms with Crippen LogP contribution < -0.4 is 0 Å². The molecule has 0 radical (unpaired) electrons. The maximum absolute atomic E-state index is 10.8. The number of aliphatic hydroxyl groups excluding tert-OH is 5. The number of carboxylic acid groups (broad SMARTS) is 1. The number of hydrogen-bond acceptors (Lipinski definition) is 10. The maximum atomic E-state index is 10.8. The molecule has 11 nitrogen and oxygen atoms in total. The van der Waals surface area contributed by atoms with Crippen LogP contribution in [0.15, 0.2) is 0 Å². The predicted octanol–water partition coefficient (Wildman–Crippen LogP) is -2.45. The van der Waals surface area contributed by atoms with E-state index < -0.39 is 73.5 Å². The summed E-state index contributed by atoms with van der Waals surface area (Å²) in [5.74, 6) is -1.10. The standard InChI is InChI=1S/C16H28O11/c1-5(4-8(17)18)24-16-14(12(22)10(20)7(3)26-16)27-15-13(23)11(21)9(19)6(2)25-15/h5-7,9-16,19-23H,4H2,1-3H3,(H,17,18)/t5?,6?,7?,9-,10-,11-,12-,13?,14?,15-,16+/m0/s1. The van der Waals surface area contributed by atoms with E-state index in [1.54, 1.807) is 0 Å². The van der Waals surface area contributed by atoms with E-state index >= 15 is 0 Å². The van der Waals surface area contributed by atoms with Gasteiger partial charge in [0, 0.05) is 0 Å². The molecule has 11 heteroatoms. The van der Waals surface area contributed by atoms with Gasteiger partial charge in [-0.1, -0.05) is 0 Å². The van der Waals surface area contributed by atoms with Gasteiger partial charge in [-0.05, 0) is 20.8 Å². The molecule has 0 aromatic heterocycles. The molecule has 2 fully saturated rings. The van der Waals surface area contributed by atoms with E-state index in [1.807, 2.05) is 0 Å². The van der Waals surface area contributed by atoms with Gasteiger partial charge in [-0.15, -0.1) is 0 Å². The van der Waals surface area contributed by atoms with Crippen LogP contribution in [-0.4, -0.2) is 104 Å². The molecule has 11 atom stereocenters. The summed E-state index contributed by atoms with van der Waals surface area (Å²) >= 11 is 0. The van der Waals surface area contributed by atoms with E-state index in [-0.39, 0.29) is 6.42 Å². The van der Waals surface area contributed by atoms with Crippen molar-refractivity contribution in [3.63, 3.8) is 0 Å². The van der Waals surface area contributed by atoms with Crippen LogP contribution in [0, 0.1) is 0 Å². The Morgan fingerprint density at radius 1 is 0.889 bits per heavy atom. The van der Waals surface area contributed by atoms with E-state index in [0.29, 0.717) is 0 Å². The topological polar surface area (TPSA) is 175 Å². The lowest BCUT2D eigenvalue weighted by Gasteiger charge is -2.45. The first kappa shape index (κ1) is 22.4. The van der Waals surface area contributed by atoms with Crippen molar-refractivity contribution in [3.05, 3.63) is 0 Å². The van der Waals surface area contributed by atoms with Crippen molar-refractivity contribution in [2.24, 2.45) is 0 Å². The van der Waals surface area contributed by atoms with Gasteiger partial charge in [-0.2, -0.15) is 0 Å². The van der Waals surface area contributed by atoms with E-state index in [9.17, 15) is 30.3 Å². The van der Waals surface area contributed by atoms with Crippen LogP contribution in [0.1, 0.15) is 27.2 Å². The maximum Gasteiger partial charge on any atom is 0.305 e. The normalized spacial score (nSPS) is 46.8. The van der Waals surface area contributed by atoms with Crippen molar-refractivity contribution in [2.45, 2.75) is 94.7 Å². The number of aliphatic hydroxyl groups is 5. The van der Waals surface area contributed by atoms with Crippen LogP contribution in [0.3, 0.4) is 0 Å². The molecule has 5 unspecified atom stereocenters. The molecule has 2 rings (SSSR count). The van der Waals surface area contributed by atoms with Gasteiger partial charge in [-0.25, -0.2) is 0 Å². The second kappa shape index (κ2) is 9.07. The van der Waals surface area contributed by atoms with Crippen LogP contribution in [0.2, 0.25) is 0 Å². The largest absolute Gasteiger partial charge is 0.481 e. The summed E-state index contributed by atoms with van der Waals surface area (Å²) in [6.07, 6.45) is -14.2. The Balaban J connectivity index is 2.14. The summed E-state index contributed by atoms with van der Waals surface area (Å²) in [5, 5.41) is 59.0. The summed E-state index contributed by atoms with van der Waals surface area (Å²) in [6, 6.07) is 0. The van der Waals surface area contributed by atoms with Gasteiger partial charge in [0.15, 0.2) is 12.6 Å². The fourth-order valence-electron chi connectivity index (χ4n) is 3.06. The highest BCUT2D eigenvalue weighted by atomic mass is 16.8. The van der Waals surface area contributed by atoms with E-state index in [4.69, 9.17) is 24.1 Å². The molecule has 0 amide bonds. The molecule has 158 valence electrons. The zero-order valence-electron chi connectivity index (χ0n) is 15.3. The Morgan fingerprint density at radius 2 is 1.41 bits per heavy atom. The van der Waals surface area contributed by atoms with Crippen molar-refractivity contribution in [2.75, 3.05) is 0 Å². The average molecular weight is 396 g/mol. The zero-order valence-corrected chi connectivity index (χ0v) is 15.3. The summed E-state index contributed by atoms with van der Waals surface area (Å²) in [5.41, 5.74) is 0. The van der Waals surface area contributed by atoms with Crippen molar-refractivity contribution >= 4 is 5.97 Å². The van der Waals surface area contributed by atoms with Crippen LogP contribution in [0.4, 0.5) is 0 Å². The molecule has 2 aliphatic heterocycles. The molecule has 0 saturated carbocycles. The summed E-state index contributed by atoms with van der Waals surface area (Å²) in [4.78, 5) is 10.8. The Labute approximate surface area is 156 Å². The highest BCUT2D eigenvalue weighted by Gasteiger charge is 2.49. The molecule has 0 aromatic carbocycles. The van der Waals surface area contributed by atoms with E-state index in [1.165, 1.54) is 20.8 Å². The lowest BCUT2D eigenvalue weighted by atomic mass is 9.98. The Morgan fingerprint density at radius 3 is 1.96 bits per heavy atom. The highest BCUT2D eigenvalue weighted by Crippen LogP contribution is 2.30. The first-order chi connectivity index (χ1) is 12.5. The summed E-state index contributed by atoms with van der Waals surface area (Å²) < 4.78 is 21.9. The fourth-order valence-corrected chi connectivity index (χ4v) is 3.06. The molecule has 0 aliphatic carbocycles. The van der Waals surface area contributed by atoms with Crippen molar-refractivity contribution in [3.8, 4) is 0 Å². The summed E-state index contributed by atoms with van der Waals surface area (Å²) in [6.45, 7) is 4.45. The molecule has 0 spiro atoms. The van der Waals surface area contributed by atoms with Crippen LogP contribution in [0.25, 0.3) is 0 Å². The van der Waals surface area contributed by atoms with Gasteiger partial charge in [0.25, 0.3) is 0 Å². The average Bonchev–Trinajstić information content (AvgIpc) is 2.58. The monoisotopic (exact) mass is 396 g/mol. The minimum Gasteiger partial charge on any atom is -0.481 e. The Kier molecular flexibility index (Phi) is 7.53. The zero-order chi connectivity index (χ0) is 20.5. The molecule has 0 aromatic rings. The van der Waals surface area contributed by atoms with E-state index in [0.717, 1.165) is 0 Å². The minimum absolute atomic E-state index is 0.329. The Hall–Kier alpha value is -0.890. The molecule has 6 N–H and O–H groups in total. The third kappa shape index (κ3) is 5.13. The first-order valence-electron chi connectivity index (χ1n) is 8.76. The second-order valence-electron chi connectivity index (χ2n) is 7.02. The number of rotatable bonds is 6. The quantitative estimate of drug-likeness (QED) is 0.281. The fraction of sp³-hybridized carbons (Fsp3) is 0.938. The molecule has 27 heavy (non-hydrogen) atoms. The van der Waals surface area contributed by atoms with Crippen molar-refractivity contribution in [1.82, 2.24) is 0 Å². The number of ether oxygens (including phenoxy) is 4. The molecule has 0 bridgehead atoms. The highest BCUT2D eigenvalue weighted by molar-refractivity contribution is 5.67. The third-order valence-electron chi connectivity index (χ3n) is 4.71. The predicted molar refractivity (Wildman–Crippen MR) is 86.4 cm³/mol. The van der Waals surface area contributed by atoms with Gasteiger partial charge >= 0.3 is 5.97 Å². The molecular weight excluding hydrogens is 368 g/mol. The number of hydrogen-bond donors (Lipinski definition) is 6. The lowest BCUT2D eigenvalue weighted by molar-refractivity contribution is -0.365. The molecule has 2 saturated heterocycles. The van der Waals surface area contributed by atoms with Gasteiger partial charge in [-0.3, -0.25) is 4.79 Å². The lowest BCUT2D eigenvalue weighted by Crippen LogP contribution is -2.63. The number of aliphatic carboxylic acids is 1. The minimum atomic E-state index is -1.63. The SMILES string of the molecule is CC(CC(=O)O)O[C@@H]1OC(C)[C@H](O)[C@H](O)C1O[C@@H]1OC(C)[C@H](O)[C@H](O)C1O. The molecule has 2 aliphatic rings. The van der Waals surface area contributed by atoms with Gasteiger partial charge in [0.1, 0.15) is 36.6 Å². The third-order valence-corrected chi connectivity index (χ3v) is 4.71. The number of carboxylic acids is 1. The van der Waals surface area contributed by atoms with Gasteiger partial charge in [0.2, 0.25) is 0 Å². The first-order valence-corrected chi connectivity index (χ1v) is 8.76. The van der Waals surface area contributed by atoms with Crippen molar-refractivity contribution < 1.29 is 54.4 Å². The van der Waals surface area contributed by atoms with Crippen LogP contribution >= 0.6 is 0 Å². The van der Waals surface area contributed by atoms with Crippen molar-refractivity contribution in [1.29, 1.82) is 0 Å². The van der Waals surface area contributed by atoms with Crippen LogP contribution in [0.5, 0.6) is 0 Å². The van der Waals surface area contributed by atoms with E-state index in [2.05, 4.69) is 0 Å². The molecular formula is C16H28O11. The van der Waals surface area contributed by atoms with Gasteiger partial charge < -0.3 is 49.6 Å².